The maximum Gasteiger partial charge on any atom is 0.310 e. The van der Waals surface area contributed by atoms with Crippen molar-refractivity contribution in [3.63, 3.8) is 0 Å². The van der Waals surface area contributed by atoms with E-state index < -0.39 is 25.9 Å². The highest BCUT2D eigenvalue weighted by Gasteiger charge is 2.65. The van der Waals surface area contributed by atoms with E-state index in [9.17, 15) is 23.6 Å². The standard InChI is InChI=1S/C21H18ClF5N6OS2/c22-14-11-28-19(29-12-14)13-4-7-33(8-5-13)21-31-17-6-9-35(34)18(17)20(32-21)30-15-2-1-3-16(10-15)36(23,24,25,26)27/h1-4,10-12H,5-9H2,(H,30,31,32)/t35-/m0/s1. The second-order valence-electron chi connectivity index (χ2n) is 8.22. The van der Waals surface area contributed by atoms with Crippen molar-refractivity contribution in [2.75, 3.05) is 29.1 Å². The van der Waals surface area contributed by atoms with Gasteiger partial charge in [-0.2, -0.15) is 4.98 Å². The number of benzene rings is 1. The van der Waals surface area contributed by atoms with Gasteiger partial charge in [0.25, 0.3) is 0 Å². The van der Waals surface area contributed by atoms with Gasteiger partial charge >= 0.3 is 10.2 Å². The molecule has 36 heavy (non-hydrogen) atoms. The van der Waals surface area contributed by atoms with Crippen LogP contribution in [0.25, 0.3) is 5.57 Å². The van der Waals surface area contributed by atoms with Crippen molar-refractivity contribution in [2.24, 2.45) is 0 Å². The maximum atomic E-state index is 13.3. The molecule has 1 aromatic carbocycles. The molecule has 0 saturated carbocycles. The Kier molecular flexibility index (Phi) is 5.58. The Labute approximate surface area is 210 Å². The van der Waals surface area contributed by atoms with Crippen LogP contribution in [-0.2, 0) is 17.2 Å². The van der Waals surface area contributed by atoms with Crippen molar-refractivity contribution in [3.05, 3.63) is 59.3 Å². The lowest BCUT2D eigenvalue weighted by molar-refractivity contribution is 0.364. The fraction of sp³-hybridized carbons (Fsp3) is 0.238. The number of anilines is 3. The summed E-state index contributed by atoms with van der Waals surface area (Å²) in [5, 5.41) is 3.09. The summed E-state index contributed by atoms with van der Waals surface area (Å²) in [6.45, 7) is 0.904. The minimum atomic E-state index is -9.87. The van der Waals surface area contributed by atoms with Crippen molar-refractivity contribution >= 4 is 55.7 Å². The van der Waals surface area contributed by atoms with Crippen LogP contribution < -0.4 is 10.2 Å². The van der Waals surface area contributed by atoms with E-state index in [1.807, 2.05) is 11.0 Å². The average molecular weight is 565 g/mol. The van der Waals surface area contributed by atoms with Crippen LogP contribution in [0, 0.1) is 0 Å². The van der Waals surface area contributed by atoms with E-state index in [4.69, 9.17) is 11.6 Å². The third-order valence-electron chi connectivity index (χ3n) is 5.62. The number of halogens is 6. The molecular weight excluding hydrogens is 547 g/mol. The largest absolute Gasteiger partial charge is 0.339 e. The summed E-state index contributed by atoms with van der Waals surface area (Å²) < 4.78 is 79.1. The molecule has 3 aromatic rings. The van der Waals surface area contributed by atoms with Gasteiger partial charge in [0.05, 0.1) is 21.5 Å². The Morgan fingerprint density at radius 2 is 1.81 bits per heavy atom. The fourth-order valence-corrected chi connectivity index (χ4v) is 5.98. The van der Waals surface area contributed by atoms with Crippen LogP contribution in [0.1, 0.15) is 17.9 Å². The summed E-state index contributed by atoms with van der Waals surface area (Å²) in [6.07, 6.45) is 5.88. The molecule has 2 aromatic heterocycles. The van der Waals surface area contributed by atoms with Gasteiger partial charge in [0.2, 0.25) is 5.95 Å². The Morgan fingerprint density at radius 3 is 2.47 bits per heavy atom. The highest BCUT2D eigenvalue weighted by molar-refractivity contribution is 8.45. The van der Waals surface area contributed by atoms with Gasteiger partial charge in [-0.25, -0.2) is 15.0 Å². The van der Waals surface area contributed by atoms with Crippen molar-refractivity contribution in [1.82, 2.24) is 19.9 Å². The van der Waals surface area contributed by atoms with Crippen molar-refractivity contribution in [3.8, 4) is 0 Å². The van der Waals surface area contributed by atoms with E-state index in [0.29, 0.717) is 54.6 Å². The van der Waals surface area contributed by atoms with E-state index in [1.165, 1.54) is 18.5 Å². The zero-order chi connectivity index (χ0) is 25.8. The predicted molar refractivity (Wildman–Crippen MR) is 130 cm³/mol. The summed E-state index contributed by atoms with van der Waals surface area (Å²) in [6, 6.07) is 2.74. The first-order chi connectivity index (χ1) is 16.8. The Balaban J connectivity index is 1.46. The third kappa shape index (κ3) is 5.15. The highest BCUT2D eigenvalue weighted by atomic mass is 35.5. The van der Waals surface area contributed by atoms with Crippen LogP contribution in [0.4, 0.5) is 36.9 Å². The topological polar surface area (TPSA) is 83.9 Å². The quantitative estimate of drug-likeness (QED) is 0.365. The molecule has 7 nitrogen and oxygen atoms in total. The van der Waals surface area contributed by atoms with Crippen molar-refractivity contribution in [1.29, 1.82) is 0 Å². The normalized spacial score (nSPS) is 19.8. The lowest BCUT2D eigenvalue weighted by Crippen LogP contribution is -2.30. The van der Waals surface area contributed by atoms with E-state index in [2.05, 4.69) is 25.3 Å². The SMILES string of the molecule is O=[S@]1CCc2nc(N3CC=C(c4ncc(Cl)cn4)CC3)nc(Nc3cccc(S(F)(F)(F)(F)F)c3)c21. The Bertz CT molecular complexity index is 1420. The van der Waals surface area contributed by atoms with E-state index in [1.54, 1.807) is 0 Å². The monoisotopic (exact) mass is 564 g/mol. The number of aryl methyl sites for hydroxylation is 1. The van der Waals surface area contributed by atoms with Crippen molar-refractivity contribution < 1.29 is 23.6 Å². The Hall–Kier alpha value is -2.84. The van der Waals surface area contributed by atoms with Gasteiger partial charge in [0.15, 0.2) is 11.6 Å². The maximum absolute atomic E-state index is 13.3. The number of nitrogens with zero attached hydrogens (tertiary/aromatic N) is 5. The van der Waals surface area contributed by atoms with Crippen LogP contribution in [0.3, 0.4) is 0 Å². The lowest BCUT2D eigenvalue weighted by Gasteiger charge is -2.40. The first kappa shape index (κ1) is 24.8. The molecule has 0 unspecified atom stereocenters. The number of fused-ring (bicyclic) bond motifs is 1. The van der Waals surface area contributed by atoms with Gasteiger partial charge in [-0.1, -0.05) is 43.2 Å². The molecule has 0 aliphatic carbocycles. The molecule has 0 amide bonds. The van der Waals surface area contributed by atoms with Crippen LogP contribution in [-0.4, -0.2) is 43.0 Å². The molecule has 192 valence electrons. The van der Waals surface area contributed by atoms with Gasteiger partial charge < -0.3 is 10.2 Å². The molecule has 5 rings (SSSR count). The fourth-order valence-electron chi connectivity index (χ4n) is 3.89. The van der Waals surface area contributed by atoms with E-state index in [-0.39, 0.29) is 28.1 Å². The summed E-state index contributed by atoms with van der Waals surface area (Å²) in [7, 11) is -11.4. The minimum Gasteiger partial charge on any atom is -0.339 e. The second-order valence-corrected chi connectivity index (χ2v) is 12.6. The molecule has 0 saturated heterocycles. The molecule has 1 N–H and O–H groups in total. The number of hydrogen-bond acceptors (Lipinski definition) is 7. The molecule has 2 aliphatic heterocycles. The summed E-state index contributed by atoms with van der Waals surface area (Å²) in [4.78, 5) is 17.5. The molecule has 2 aliphatic rings. The molecule has 15 heteroatoms. The average Bonchev–Trinajstić information content (AvgIpc) is 3.19. The molecule has 1 atom stereocenters. The number of hydrogen-bond donors (Lipinski definition) is 1. The van der Waals surface area contributed by atoms with Gasteiger partial charge in [0.1, 0.15) is 9.79 Å². The van der Waals surface area contributed by atoms with Crippen molar-refractivity contribution in [2.45, 2.75) is 22.6 Å². The van der Waals surface area contributed by atoms with Gasteiger partial charge in [-0.05, 0) is 30.2 Å². The number of aromatic nitrogens is 4. The molecular formula is C21H18ClF5N6OS2. The van der Waals surface area contributed by atoms with Crippen LogP contribution in [0.5, 0.6) is 0 Å². The van der Waals surface area contributed by atoms with E-state index in [0.717, 1.165) is 11.6 Å². The summed E-state index contributed by atoms with van der Waals surface area (Å²) >= 11 is 5.84. The first-order valence-electron chi connectivity index (χ1n) is 10.6. The van der Waals surface area contributed by atoms with Crippen LogP contribution in [0.15, 0.2) is 52.5 Å². The molecule has 4 heterocycles. The molecule has 0 fully saturated rings. The number of nitrogens with one attached hydrogen (secondary N) is 1. The first-order valence-corrected chi connectivity index (χ1v) is 14.2. The minimum absolute atomic E-state index is 0.0287. The third-order valence-corrected chi connectivity index (χ3v) is 8.42. The molecule has 0 bridgehead atoms. The molecule has 0 radical (unpaired) electrons. The van der Waals surface area contributed by atoms with E-state index >= 15 is 0 Å². The summed E-state index contributed by atoms with van der Waals surface area (Å²) in [5.74, 6) is 1.15. The zero-order valence-electron chi connectivity index (χ0n) is 18.3. The lowest BCUT2D eigenvalue weighted by atomic mass is 10.1. The van der Waals surface area contributed by atoms with Gasteiger partial charge in [-0.15, -0.1) is 0 Å². The summed E-state index contributed by atoms with van der Waals surface area (Å²) in [5.41, 5.74) is 1.16. The Morgan fingerprint density at radius 1 is 1.06 bits per heavy atom. The zero-order valence-corrected chi connectivity index (χ0v) is 20.7. The smallest absolute Gasteiger partial charge is 0.310 e. The number of rotatable bonds is 5. The van der Waals surface area contributed by atoms with Gasteiger partial charge in [0, 0.05) is 43.3 Å². The van der Waals surface area contributed by atoms with Crippen LogP contribution >= 0.6 is 21.8 Å². The van der Waals surface area contributed by atoms with Crippen LogP contribution in [0.2, 0.25) is 5.02 Å². The van der Waals surface area contributed by atoms with Gasteiger partial charge in [-0.3, -0.25) is 4.21 Å². The molecule has 0 spiro atoms. The second kappa shape index (κ2) is 8.08. The highest BCUT2D eigenvalue weighted by Crippen LogP contribution is 3.02. The predicted octanol–water partition coefficient (Wildman–Crippen LogP) is 6.28.